The van der Waals surface area contributed by atoms with Crippen LogP contribution in [0.1, 0.15) is 39.8 Å². The molecule has 0 radical (unpaired) electrons. The van der Waals surface area contributed by atoms with Crippen LogP contribution in [0.2, 0.25) is 0 Å². The molecule has 10 nitrogen and oxygen atoms in total. The second-order valence-electron chi connectivity index (χ2n) is 7.81. The van der Waals surface area contributed by atoms with Gasteiger partial charge in [0.15, 0.2) is 11.0 Å². The lowest BCUT2D eigenvalue weighted by Crippen LogP contribution is -2.56. The molecule has 1 fully saturated rings. The number of hydrogen-bond donors (Lipinski definition) is 1. The van der Waals surface area contributed by atoms with Crippen LogP contribution in [0.25, 0.3) is 0 Å². The van der Waals surface area contributed by atoms with Gasteiger partial charge in [-0.2, -0.15) is 5.26 Å². The van der Waals surface area contributed by atoms with E-state index in [4.69, 9.17) is 15.2 Å². The van der Waals surface area contributed by atoms with Gasteiger partial charge in [0, 0.05) is 26.6 Å². The molecule has 1 aliphatic rings. The summed E-state index contributed by atoms with van der Waals surface area (Å²) in [5.74, 6) is 0.0728. The summed E-state index contributed by atoms with van der Waals surface area (Å²) in [6, 6.07) is 1.76. The highest BCUT2D eigenvalue weighted by Crippen LogP contribution is 2.29. The van der Waals surface area contributed by atoms with Crippen LogP contribution in [-0.2, 0) is 20.9 Å². The molecule has 2 N–H and O–H groups in total. The molecule has 2 heterocycles. The van der Waals surface area contributed by atoms with Crippen molar-refractivity contribution < 1.29 is 19.1 Å². The first-order valence-corrected chi connectivity index (χ1v) is 10.7. The highest BCUT2D eigenvalue weighted by atomic mass is 32.2. The van der Waals surface area contributed by atoms with Crippen LogP contribution in [0.15, 0.2) is 5.16 Å². The molecule has 11 heteroatoms. The molecule has 0 aromatic carbocycles. The smallest absolute Gasteiger partial charge is 0.410 e. The predicted molar refractivity (Wildman–Crippen MR) is 113 cm³/mol. The van der Waals surface area contributed by atoms with Gasteiger partial charge in [0.1, 0.15) is 23.6 Å². The Kier molecular flexibility index (Phi) is 7.72. The molecule has 1 saturated heterocycles. The summed E-state index contributed by atoms with van der Waals surface area (Å²) < 4.78 is 10.5. The van der Waals surface area contributed by atoms with E-state index in [-0.39, 0.29) is 19.1 Å². The number of piperazine rings is 1. The maximum Gasteiger partial charge on any atom is 0.410 e. The lowest BCUT2D eigenvalue weighted by molar-refractivity contribution is -0.142. The summed E-state index contributed by atoms with van der Waals surface area (Å²) in [6.07, 6.45) is 1.54. The Morgan fingerprint density at radius 3 is 2.60 bits per heavy atom. The number of hydrogen-bond acceptors (Lipinski definition) is 10. The standard InChI is InChI=1S/C19H28N6O4S/c1-12(26)28-11-14-15(21)16(23-17(22-14)30-5)24-8-9-25(13(10-24)6-7-20)18(27)29-19(2,3)4/h13H,6,8-11,21H2,1-5H3/t13-/m0/s1. The Bertz CT molecular complexity index is 836. The first-order chi connectivity index (χ1) is 14.1. The second kappa shape index (κ2) is 9.84. The number of esters is 1. The fourth-order valence-corrected chi connectivity index (χ4v) is 3.36. The first kappa shape index (κ1) is 23.5. The highest BCUT2D eigenvalue weighted by molar-refractivity contribution is 7.98. The fraction of sp³-hybridized carbons (Fsp3) is 0.632. The average Bonchev–Trinajstić information content (AvgIpc) is 2.66. The van der Waals surface area contributed by atoms with E-state index in [0.29, 0.717) is 42.0 Å². The number of carbonyl (C=O) groups excluding carboxylic acids is 2. The minimum absolute atomic E-state index is 0.0518. The number of amides is 1. The van der Waals surface area contributed by atoms with Crippen LogP contribution in [-0.4, -0.2) is 64.5 Å². The minimum Gasteiger partial charge on any atom is -0.459 e. The van der Waals surface area contributed by atoms with Crippen LogP contribution in [0, 0.1) is 11.3 Å². The molecule has 2 rings (SSSR count). The predicted octanol–water partition coefficient (Wildman–Crippen LogP) is 2.18. The van der Waals surface area contributed by atoms with Gasteiger partial charge in [-0.1, -0.05) is 11.8 Å². The van der Waals surface area contributed by atoms with E-state index < -0.39 is 17.7 Å². The normalized spacial score (nSPS) is 16.7. The van der Waals surface area contributed by atoms with Crippen molar-refractivity contribution >= 4 is 35.3 Å². The molecule has 0 spiro atoms. The number of ether oxygens (including phenoxy) is 2. The Hall–Kier alpha value is -2.74. The number of aromatic nitrogens is 2. The second-order valence-corrected chi connectivity index (χ2v) is 8.58. The zero-order valence-electron chi connectivity index (χ0n) is 18.0. The first-order valence-electron chi connectivity index (χ1n) is 9.51. The molecule has 30 heavy (non-hydrogen) atoms. The molecule has 164 valence electrons. The SMILES string of the molecule is CSc1nc(COC(C)=O)c(N)c(N2CCN(C(=O)OC(C)(C)C)[C@@H](CC#N)C2)n1. The number of nitriles is 1. The number of thioether (sulfide) groups is 1. The molecule has 1 aromatic rings. The summed E-state index contributed by atoms with van der Waals surface area (Å²) >= 11 is 1.35. The summed E-state index contributed by atoms with van der Waals surface area (Å²) in [5, 5.41) is 9.75. The minimum atomic E-state index is -0.624. The van der Waals surface area contributed by atoms with Gasteiger partial charge >= 0.3 is 12.1 Å². The third-order valence-corrected chi connectivity index (χ3v) is 4.86. The van der Waals surface area contributed by atoms with E-state index in [1.807, 2.05) is 11.2 Å². The van der Waals surface area contributed by atoms with Crippen molar-refractivity contribution in [1.82, 2.24) is 14.9 Å². The van der Waals surface area contributed by atoms with Crippen LogP contribution in [0.4, 0.5) is 16.3 Å². The quantitative estimate of drug-likeness (QED) is 0.415. The molecule has 1 amide bonds. The van der Waals surface area contributed by atoms with E-state index in [1.165, 1.54) is 18.7 Å². The monoisotopic (exact) mass is 436 g/mol. The number of carbonyl (C=O) groups is 2. The third-order valence-electron chi connectivity index (χ3n) is 4.32. The molecular weight excluding hydrogens is 408 g/mol. The van der Waals surface area contributed by atoms with Gasteiger partial charge in [0.05, 0.1) is 18.5 Å². The fourth-order valence-electron chi connectivity index (χ4n) is 2.98. The number of nitrogens with zero attached hydrogens (tertiary/aromatic N) is 5. The lowest BCUT2D eigenvalue weighted by Gasteiger charge is -2.41. The van der Waals surface area contributed by atoms with Crippen molar-refractivity contribution in [3.8, 4) is 6.07 Å². The van der Waals surface area contributed by atoms with Crippen molar-refractivity contribution in [2.75, 3.05) is 36.5 Å². The lowest BCUT2D eigenvalue weighted by atomic mass is 10.1. The van der Waals surface area contributed by atoms with Gasteiger partial charge in [-0.05, 0) is 27.0 Å². The highest BCUT2D eigenvalue weighted by Gasteiger charge is 2.34. The summed E-state index contributed by atoms with van der Waals surface area (Å²) in [6.45, 7) is 7.86. The van der Waals surface area contributed by atoms with Crippen molar-refractivity contribution in [2.24, 2.45) is 0 Å². The maximum absolute atomic E-state index is 12.6. The van der Waals surface area contributed by atoms with E-state index in [1.54, 1.807) is 25.7 Å². The van der Waals surface area contributed by atoms with E-state index in [2.05, 4.69) is 16.0 Å². The van der Waals surface area contributed by atoms with E-state index >= 15 is 0 Å². The molecule has 1 atom stereocenters. The number of nitrogen functional groups attached to an aromatic ring is 1. The van der Waals surface area contributed by atoms with Crippen molar-refractivity contribution in [1.29, 1.82) is 5.26 Å². The summed E-state index contributed by atoms with van der Waals surface area (Å²) in [5.41, 5.74) is 6.40. The number of nitrogens with two attached hydrogens (primary N) is 1. The molecule has 1 aromatic heterocycles. The van der Waals surface area contributed by atoms with Gasteiger partial charge in [-0.15, -0.1) is 0 Å². The van der Waals surface area contributed by atoms with E-state index in [0.717, 1.165) is 0 Å². The van der Waals surface area contributed by atoms with Crippen molar-refractivity contribution in [2.45, 2.75) is 57.5 Å². The Morgan fingerprint density at radius 1 is 1.33 bits per heavy atom. The Morgan fingerprint density at radius 2 is 2.03 bits per heavy atom. The zero-order chi connectivity index (χ0) is 22.5. The topological polar surface area (TPSA) is 135 Å². The largest absolute Gasteiger partial charge is 0.459 e. The van der Waals surface area contributed by atoms with Crippen molar-refractivity contribution in [3.63, 3.8) is 0 Å². The number of rotatable bonds is 5. The zero-order valence-corrected chi connectivity index (χ0v) is 18.8. The summed E-state index contributed by atoms with van der Waals surface area (Å²) in [4.78, 5) is 36.1. The Balaban J connectivity index is 2.28. The number of anilines is 2. The molecule has 0 bridgehead atoms. The van der Waals surface area contributed by atoms with Crippen LogP contribution >= 0.6 is 11.8 Å². The molecular formula is C19H28N6O4S. The molecule has 0 unspecified atom stereocenters. The molecule has 0 aliphatic carbocycles. The van der Waals surface area contributed by atoms with Crippen LogP contribution in [0.5, 0.6) is 0 Å². The molecule has 0 saturated carbocycles. The van der Waals surface area contributed by atoms with Gasteiger partial charge in [0.2, 0.25) is 0 Å². The Labute approximate surface area is 180 Å². The van der Waals surface area contributed by atoms with Crippen LogP contribution in [0.3, 0.4) is 0 Å². The van der Waals surface area contributed by atoms with E-state index in [9.17, 15) is 14.9 Å². The van der Waals surface area contributed by atoms with Gasteiger partial charge in [-0.25, -0.2) is 14.8 Å². The summed E-state index contributed by atoms with van der Waals surface area (Å²) in [7, 11) is 0. The third kappa shape index (κ3) is 6.13. The van der Waals surface area contributed by atoms with Crippen molar-refractivity contribution in [3.05, 3.63) is 5.69 Å². The van der Waals surface area contributed by atoms with Gasteiger partial charge < -0.3 is 25.0 Å². The van der Waals surface area contributed by atoms with Crippen LogP contribution < -0.4 is 10.6 Å². The van der Waals surface area contributed by atoms with Gasteiger partial charge in [0.25, 0.3) is 0 Å². The van der Waals surface area contributed by atoms with Gasteiger partial charge in [-0.3, -0.25) is 4.79 Å². The maximum atomic E-state index is 12.6. The average molecular weight is 437 g/mol. The molecule has 1 aliphatic heterocycles.